The lowest BCUT2D eigenvalue weighted by atomic mass is 9.46. The van der Waals surface area contributed by atoms with Crippen LogP contribution in [-0.2, 0) is 9.53 Å². The first-order chi connectivity index (χ1) is 8.40. The second-order valence-corrected chi connectivity index (χ2v) is 6.88. The molecule has 2 unspecified atom stereocenters. The van der Waals surface area contributed by atoms with Crippen LogP contribution in [0.4, 0.5) is 0 Å². The Bertz CT molecular complexity index is 412. The molecular formula is C15H22O3. The quantitative estimate of drug-likeness (QED) is 0.530. The van der Waals surface area contributed by atoms with Gasteiger partial charge in [0.1, 0.15) is 5.41 Å². The molecule has 3 fully saturated rings. The molecule has 1 heterocycles. The molecule has 3 heteroatoms. The fraction of sp³-hybridized carbons (Fsp3) is 0.800. The molecule has 18 heavy (non-hydrogen) atoms. The third-order valence-corrected chi connectivity index (χ3v) is 5.69. The second kappa shape index (κ2) is 3.60. The standard InChI is InChI=1S/C15H22O3/c1-9-4-5-11-14(2,3)7-6-12(16)15(11)10(9)8-18-13(15)17/h10-12,16H,1,4-8H2,2-3H3/t10?,11-,12+,15?/m0/s1. The highest BCUT2D eigenvalue weighted by Crippen LogP contribution is 2.63. The molecule has 0 aromatic heterocycles. The van der Waals surface area contributed by atoms with Gasteiger partial charge in [0.25, 0.3) is 0 Å². The topological polar surface area (TPSA) is 46.5 Å². The Hall–Kier alpha value is -0.830. The minimum Gasteiger partial charge on any atom is -0.464 e. The molecule has 1 spiro atoms. The third kappa shape index (κ3) is 1.26. The lowest BCUT2D eigenvalue weighted by Gasteiger charge is -2.56. The molecule has 3 rings (SSSR count). The van der Waals surface area contributed by atoms with E-state index in [2.05, 4.69) is 20.4 Å². The van der Waals surface area contributed by atoms with Crippen molar-refractivity contribution in [3.05, 3.63) is 12.2 Å². The van der Waals surface area contributed by atoms with E-state index in [9.17, 15) is 9.90 Å². The summed E-state index contributed by atoms with van der Waals surface area (Å²) in [4.78, 5) is 12.4. The average Bonchev–Trinajstić information content (AvgIpc) is 2.65. The van der Waals surface area contributed by atoms with Gasteiger partial charge in [-0.25, -0.2) is 0 Å². The van der Waals surface area contributed by atoms with Crippen LogP contribution in [0.5, 0.6) is 0 Å². The van der Waals surface area contributed by atoms with Crippen LogP contribution in [0, 0.1) is 22.7 Å². The minimum absolute atomic E-state index is 0.0262. The van der Waals surface area contributed by atoms with Crippen LogP contribution < -0.4 is 0 Å². The lowest BCUT2D eigenvalue weighted by Crippen LogP contribution is -2.59. The number of hydrogen-bond donors (Lipinski definition) is 1. The zero-order valence-corrected chi connectivity index (χ0v) is 11.2. The summed E-state index contributed by atoms with van der Waals surface area (Å²) >= 11 is 0. The van der Waals surface area contributed by atoms with Crippen LogP contribution in [0.25, 0.3) is 0 Å². The van der Waals surface area contributed by atoms with Crippen molar-refractivity contribution in [2.75, 3.05) is 6.61 Å². The van der Waals surface area contributed by atoms with E-state index in [0.29, 0.717) is 13.0 Å². The number of esters is 1. The highest BCUT2D eigenvalue weighted by atomic mass is 16.5. The van der Waals surface area contributed by atoms with E-state index in [-0.39, 0.29) is 23.2 Å². The zero-order valence-electron chi connectivity index (χ0n) is 11.2. The molecule has 0 bridgehead atoms. The summed E-state index contributed by atoms with van der Waals surface area (Å²) in [5, 5.41) is 10.5. The molecule has 4 atom stereocenters. The third-order valence-electron chi connectivity index (χ3n) is 5.69. The summed E-state index contributed by atoms with van der Waals surface area (Å²) < 4.78 is 5.33. The van der Waals surface area contributed by atoms with Gasteiger partial charge in [-0.15, -0.1) is 0 Å². The Labute approximate surface area is 108 Å². The summed E-state index contributed by atoms with van der Waals surface area (Å²) in [7, 11) is 0. The largest absolute Gasteiger partial charge is 0.464 e. The SMILES string of the molecule is C=C1CC[C@H]2C(C)(C)CC[C@@H](O)C23C(=O)OCC13. The molecule has 100 valence electrons. The summed E-state index contributed by atoms with van der Waals surface area (Å²) in [5.74, 6) is 0.0659. The molecule has 0 amide bonds. The van der Waals surface area contributed by atoms with E-state index in [4.69, 9.17) is 4.74 Å². The van der Waals surface area contributed by atoms with E-state index in [1.54, 1.807) is 0 Å². The van der Waals surface area contributed by atoms with E-state index in [1.807, 2.05) is 0 Å². The molecule has 1 aliphatic heterocycles. The van der Waals surface area contributed by atoms with Gasteiger partial charge >= 0.3 is 5.97 Å². The van der Waals surface area contributed by atoms with Gasteiger partial charge in [0.2, 0.25) is 0 Å². The maximum absolute atomic E-state index is 12.4. The Balaban J connectivity index is 2.14. The summed E-state index contributed by atoms with van der Waals surface area (Å²) in [5.41, 5.74) is 0.493. The van der Waals surface area contributed by atoms with Crippen LogP contribution in [0.1, 0.15) is 39.5 Å². The normalized spacial score (nSPS) is 46.3. The highest BCUT2D eigenvalue weighted by Gasteiger charge is 2.67. The maximum atomic E-state index is 12.4. The van der Waals surface area contributed by atoms with E-state index in [1.165, 1.54) is 0 Å². The Morgan fingerprint density at radius 2 is 2.11 bits per heavy atom. The van der Waals surface area contributed by atoms with Crippen molar-refractivity contribution in [1.29, 1.82) is 0 Å². The van der Waals surface area contributed by atoms with E-state index in [0.717, 1.165) is 24.8 Å². The fourth-order valence-corrected chi connectivity index (χ4v) is 4.71. The van der Waals surface area contributed by atoms with Crippen LogP contribution in [0.15, 0.2) is 12.2 Å². The number of aliphatic hydroxyl groups excluding tert-OH is 1. The van der Waals surface area contributed by atoms with Gasteiger partial charge < -0.3 is 9.84 Å². The molecule has 0 aromatic carbocycles. The molecule has 3 aliphatic rings. The summed E-state index contributed by atoms with van der Waals surface area (Å²) in [6.45, 7) is 8.98. The molecule has 0 aromatic rings. The highest BCUT2D eigenvalue weighted by molar-refractivity contribution is 5.82. The van der Waals surface area contributed by atoms with Crippen molar-refractivity contribution in [3.63, 3.8) is 0 Å². The van der Waals surface area contributed by atoms with Crippen molar-refractivity contribution >= 4 is 5.97 Å². The molecule has 2 saturated carbocycles. The Morgan fingerprint density at radius 3 is 2.83 bits per heavy atom. The van der Waals surface area contributed by atoms with Crippen LogP contribution in [0.3, 0.4) is 0 Å². The molecule has 0 radical (unpaired) electrons. The second-order valence-electron chi connectivity index (χ2n) is 6.88. The number of cyclic esters (lactones) is 1. The molecule has 1 saturated heterocycles. The van der Waals surface area contributed by atoms with E-state index >= 15 is 0 Å². The number of ether oxygens (including phenoxy) is 1. The predicted octanol–water partition coefficient (Wildman–Crippen LogP) is 2.29. The molecular weight excluding hydrogens is 228 g/mol. The van der Waals surface area contributed by atoms with Crippen LogP contribution >= 0.6 is 0 Å². The maximum Gasteiger partial charge on any atom is 0.315 e. The van der Waals surface area contributed by atoms with E-state index < -0.39 is 11.5 Å². The summed E-state index contributed by atoms with van der Waals surface area (Å²) in [6, 6.07) is 0. The molecule has 3 nitrogen and oxygen atoms in total. The van der Waals surface area contributed by atoms with Gasteiger partial charge in [0.15, 0.2) is 0 Å². The van der Waals surface area contributed by atoms with Crippen molar-refractivity contribution in [2.24, 2.45) is 22.7 Å². The molecule has 1 N–H and O–H groups in total. The van der Waals surface area contributed by atoms with Gasteiger partial charge in [0.05, 0.1) is 12.7 Å². The van der Waals surface area contributed by atoms with Gasteiger partial charge in [-0.2, -0.15) is 0 Å². The Morgan fingerprint density at radius 1 is 1.39 bits per heavy atom. The first-order valence-corrected chi connectivity index (χ1v) is 6.93. The van der Waals surface area contributed by atoms with Crippen molar-refractivity contribution in [1.82, 2.24) is 0 Å². The summed E-state index contributed by atoms with van der Waals surface area (Å²) in [6.07, 6.45) is 3.03. The lowest BCUT2D eigenvalue weighted by molar-refractivity contribution is -0.175. The first-order valence-electron chi connectivity index (χ1n) is 6.93. The number of rotatable bonds is 0. The van der Waals surface area contributed by atoms with Crippen LogP contribution in [-0.4, -0.2) is 23.8 Å². The van der Waals surface area contributed by atoms with Crippen molar-refractivity contribution in [2.45, 2.75) is 45.6 Å². The predicted molar refractivity (Wildman–Crippen MR) is 67.8 cm³/mol. The zero-order chi connectivity index (χ0) is 13.1. The van der Waals surface area contributed by atoms with Gasteiger partial charge in [-0.05, 0) is 37.0 Å². The number of aliphatic hydroxyl groups is 1. The van der Waals surface area contributed by atoms with Gasteiger partial charge in [-0.3, -0.25) is 4.79 Å². The average molecular weight is 250 g/mol. The van der Waals surface area contributed by atoms with Crippen molar-refractivity contribution in [3.8, 4) is 0 Å². The minimum atomic E-state index is -0.697. The molecule has 2 aliphatic carbocycles. The van der Waals surface area contributed by atoms with Crippen molar-refractivity contribution < 1.29 is 14.6 Å². The first kappa shape index (κ1) is 12.2. The van der Waals surface area contributed by atoms with Gasteiger partial charge in [0, 0.05) is 5.92 Å². The smallest absolute Gasteiger partial charge is 0.315 e. The fourth-order valence-electron chi connectivity index (χ4n) is 4.71. The number of carbonyl (C=O) groups excluding carboxylic acids is 1. The Kier molecular flexibility index (Phi) is 2.44. The van der Waals surface area contributed by atoms with Crippen LogP contribution in [0.2, 0.25) is 0 Å². The van der Waals surface area contributed by atoms with Gasteiger partial charge in [-0.1, -0.05) is 26.0 Å². The number of hydrogen-bond acceptors (Lipinski definition) is 3. The number of carbonyl (C=O) groups is 1. The monoisotopic (exact) mass is 250 g/mol.